The van der Waals surface area contributed by atoms with Crippen LogP contribution in [0.15, 0.2) is 158 Å². The number of carbonyl (C=O) groups is 10. The van der Waals surface area contributed by atoms with E-state index < -0.39 is 59.6 Å². The lowest BCUT2D eigenvalue weighted by atomic mass is 10.1. The Labute approximate surface area is 630 Å². The number of hydrogen-bond acceptors (Lipinski definition) is 22. The molecular weight excluding hydrogens is 1380 g/mol. The van der Waals surface area contributed by atoms with E-state index in [2.05, 4.69) is 10.6 Å². The minimum Gasteiger partial charge on any atom is -0.462 e. The summed E-state index contributed by atoms with van der Waals surface area (Å²) in [7, 11) is 0. The number of carbonyl (C=O) groups excluding carboxylic acids is 10. The number of esters is 8. The Balaban J connectivity index is 0.905. The van der Waals surface area contributed by atoms with E-state index in [0.29, 0.717) is 96.4 Å². The monoisotopic (exact) mass is 1480 g/mol. The molecular formula is C84H100N6O18. The number of rotatable bonds is 48. The van der Waals surface area contributed by atoms with Crippen molar-refractivity contribution in [3.8, 4) is 0 Å². The van der Waals surface area contributed by atoms with E-state index in [-0.39, 0.29) is 97.6 Å². The summed E-state index contributed by atoms with van der Waals surface area (Å²) < 4.78 is 44.1. The summed E-state index contributed by atoms with van der Waals surface area (Å²) in [5.74, 6) is -5.81. The van der Waals surface area contributed by atoms with E-state index >= 15 is 0 Å². The molecule has 574 valence electrons. The second-order valence-corrected chi connectivity index (χ2v) is 26.1. The van der Waals surface area contributed by atoms with E-state index in [1.165, 1.54) is 60.7 Å². The van der Waals surface area contributed by atoms with Crippen LogP contribution in [0.5, 0.6) is 0 Å². The summed E-state index contributed by atoms with van der Waals surface area (Å²) in [6, 6.07) is 40.0. The van der Waals surface area contributed by atoms with Gasteiger partial charge in [0.1, 0.15) is 0 Å². The van der Waals surface area contributed by atoms with Crippen LogP contribution in [0.4, 0.5) is 34.1 Å². The van der Waals surface area contributed by atoms with Crippen molar-refractivity contribution in [3.05, 3.63) is 213 Å². The Morgan fingerprint density at radius 2 is 0.343 bits per heavy atom. The first-order chi connectivity index (χ1) is 52.4. The molecule has 0 spiro atoms. The maximum atomic E-state index is 13.9. The van der Waals surface area contributed by atoms with Gasteiger partial charge in [0, 0.05) is 45.3 Å². The Kier molecular flexibility index (Phi) is 36.5. The number of amides is 2. The molecule has 0 fully saturated rings. The Morgan fingerprint density at radius 1 is 0.194 bits per heavy atom. The number of nitrogens with two attached hydrogens (primary N) is 4. The minimum absolute atomic E-state index is 0.00487. The van der Waals surface area contributed by atoms with Gasteiger partial charge in [-0.25, -0.2) is 38.4 Å². The molecule has 7 aromatic carbocycles. The first-order valence-corrected chi connectivity index (χ1v) is 37.2. The molecule has 10 N–H and O–H groups in total. The average Bonchev–Trinajstić information content (AvgIpc) is 0.825. The van der Waals surface area contributed by atoms with Crippen LogP contribution in [-0.4, -0.2) is 112 Å². The van der Waals surface area contributed by atoms with Gasteiger partial charge in [-0.1, -0.05) is 103 Å². The van der Waals surface area contributed by atoms with Gasteiger partial charge < -0.3 is 71.5 Å². The van der Waals surface area contributed by atoms with Gasteiger partial charge in [-0.2, -0.15) is 0 Å². The Bertz CT molecular complexity index is 3560. The molecule has 0 saturated heterocycles. The van der Waals surface area contributed by atoms with Gasteiger partial charge in [0.25, 0.3) is 11.8 Å². The molecule has 0 saturated carbocycles. The van der Waals surface area contributed by atoms with Crippen LogP contribution in [0.1, 0.15) is 258 Å². The van der Waals surface area contributed by atoms with Crippen LogP contribution >= 0.6 is 0 Å². The molecule has 0 bridgehead atoms. The van der Waals surface area contributed by atoms with Crippen molar-refractivity contribution in [1.29, 1.82) is 0 Å². The van der Waals surface area contributed by atoms with Crippen LogP contribution in [0, 0.1) is 0 Å². The van der Waals surface area contributed by atoms with Crippen LogP contribution in [0.25, 0.3) is 0 Å². The second kappa shape index (κ2) is 47.1. The van der Waals surface area contributed by atoms with E-state index in [4.69, 9.17) is 60.8 Å². The molecule has 108 heavy (non-hydrogen) atoms. The molecule has 0 radical (unpaired) electrons. The standard InChI is InChI=1S/C84H100N6O18/c85-69-37-29-61(30-38-69)77(93)101-45-17-9-1-5-13-21-49-105-81(97)65-53-66(82(98)106-50-22-14-6-2-10-18-46-102-78(94)62-31-39-70(86)40-32-62)56-73(55-65)89-75(91)59-25-27-60(28-26-59)76(92)90-74-57-67(83(99)107-51-23-15-7-3-11-19-47-103-79(95)63-33-41-71(87)42-34-63)54-68(58-74)84(100)108-52-24-16-8-4-12-20-48-104-80(96)64-35-43-72(88)44-36-64/h25-44,53-58H,1-24,45-52,85-88H2,(H,89,91)(H,90,92). The van der Waals surface area contributed by atoms with Crippen molar-refractivity contribution in [1.82, 2.24) is 0 Å². The summed E-state index contributed by atoms with van der Waals surface area (Å²) in [5.41, 5.74) is 27.2. The van der Waals surface area contributed by atoms with Gasteiger partial charge in [-0.15, -0.1) is 0 Å². The normalized spacial score (nSPS) is 10.8. The zero-order valence-electron chi connectivity index (χ0n) is 61.3. The third-order valence-electron chi connectivity index (χ3n) is 17.3. The molecule has 24 nitrogen and oxygen atoms in total. The summed E-state index contributed by atoms with van der Waals surface area (Å²) in [6.45, 7) is 1.52. The fraction of sp³-hybridized carbons (Fsp3) is 0.381. The van der Waals surface area contributed by atoms with Crippen LogP contribution < -0.4 is 33.6 Å². The molecule has 0 atom stereocenters. The first kappa shape index (κ1) is 83.7. The van der Waals surface area contributed by atoms with Crippen LogP contribution in [0.2, 0.25) is 0 Å². The smallest absolute Gasteiger partial charge is 0.338 e. The first-order valence-electron chi connectivity index (χ1n) is 37.2. The Morgan fingerprint density at radius 3 is 0.519 bits per heavy atom. The maximum Gasteiger partial charge on any atom is 0.338 e. The molecule has 24 heteroatoms. The third-order valence-corrected chi connectivity index (χ3v) is 17.3. The lowest BCUT2D eigenvalue weighted by molar-refractivity contribution is 0.0476. The molecule has 7 rings (SSSR count). The molecule has 7 aromatic rings. The van der Waals surface area contributed by atoms with Crippen molar-refractivity contribution in [2.24, 2.45) is 0 Å². The number of hydrogen-bond donors (Lipinski definition) is 6. The highest BCUT2D eigenvalue weighted by atomic mass is 16.6. The van der Waals surface area contributed by atoms with Crippen molar-refractivity contribution >= 4 is 93.7 Å². The van der Waals surface area contributed by atoms with Gasteiger partial charge in [0.2, 0.25) is 0 Å². The highest BCUT2D eigenvalue weighted by Crippen LogP contribution is 2.24. The number of benzene rings is 7. The predicted molar refractivity (Wildman–Crippen MR) is 412 cm³/mol. The second-order valence-electron chi connectivity index (χ2n) is 26.1. The zero-order chi connectivity index (χ0) is 77.1. The molecule has 0 aliphatic carbocycles. The number of nitrogen functional groups attached to an aromatic ring is 4. The Hall–Kier alpha value is -11.6. The maximum absolute atomic E-state index is 13.9. The largest absolute Gasteiger partial charge is 0.462 e. The summed E-state index contributed by atoms with van der Waals surface area (Å²) in [4.78, 5) is 132. The van der Waals surface area contributed by atoms with Crippen molar-refractivity contribution < 1.29 is 85.8 Å². The van der Waals surface area contributed by atoms with Gasteiger partial charge in [0.15, 0.2) is 0 Å². The van der Waals surface area contributed by atoms with E-state index in [1.807, 2.05) is 0 Å². The molecule has 0 heterocycles. The van der Waals surface area contributed by atoms with Crippen molar-refractivity contribution in [3.63, 3.8) is 0 Å². The molecule has 0 unspecified atom stereocenters. The average molecular weight is 1480 g/mol. The van der Waals surface area contributed by atoms with Gasteiger partial charge in [-0.05, 0) is 209 Å². The number of ether oxygens (including phenoxy) is 8. The van der Waals surface area contributed by atoms with Crippen LogP contribution in [-0.2, 0) is 37.9 Å². The molecule has 0 aliphatic rings. The topological polar surface area (TPSA) is 373 Å². The van der Waals surface area contributed by atoms with Crippen molar-refractivity contribution in [2.75, 3.05) is 86.4 Å². The van der Waals surface area contributed by atoms with Gasteiger partial charge >= 0.3 is 47.8 Å². The summed E-state index contributed by atoms with van der Waals surface area (Å²) >= 11 is 0. The lowest BCUT2D eigenvalue weighted by Crippen LogP contribution is -2.17. The minimum atomic E-state index is -0.723. The highest BCUT2D eigenvalue weighted by molar-refractivity contribution is 6.09. The quantitative estimate of drug-likeness (QED) is 0.00893. The number of unbranched alkanes of at least 4 members (excludes halogenated alkanes) is 20. The SMILES string of the molecule is Nc1ccc(C(=O)OCCCCCCCCOC(=O)c2cc(NC(=O)c3ccc(C(=O)Nc4cc(C(=O)OCCCCCCCCOC(=O)c5ccc(N)cc5)cc(C(=O)OCCCCCCCCOC(=O)c5ccc(N)cc5)c4)cc3)cc(C(=O)OCCCCCCCCOC(=O)c3ccc(N)cc3)c2)cc1. The summed E-state index contributed by atoms with van der Waals surface area (Å²) in [5, 5.41) is 5.52. The lowest BCUT2D eigenvalue weighted by Gasteiger charge is -2.13. The fourth-order valence-electron chi connectivity index (χ4n) is 11.2. The number of anilines is 6. The molecule has 0 aliphatic heterocycles. The van der Waals surface area contributed by atoms with E-state index in [9.17, 15) is 47.9 Å². The molecule has 2 amide bonds. The zero-order valence-corrected chi connectivity index (χ0v) is 61.3. The van der Waals surface area contributed by atoms with Crippen LogP contribution in [0.3, 0.4) is 0 Å². The van der Waals surface area contributed by atoms with Gasteiger partial charge in [-0.3, -0.25) is 9.59 Å². The predicted octanol–water partition coefficient (Wildman–Crippen LogP) is 15.9. The van der Waals surface area contributed by atoms with E-state index in [0.717, 1.165) is 103 Å². The molecule has 0 aromatic heterocycles. The van der Waals surface area contributed by atoms with Crippen molar-refractivity contribution in [2.45, 2.75) is 154 Å². The van der Waals surface area contributed by atoms with E-state index in [1.54, 1.807) is 97.1 Å². The third kappa shape index (κ3) is 31.2. The van der Waals surface area contributed by atoms with Gasteiger partial charge in [0.05, 0.1) is 97.4 Å². The summed E-state index contributed by atoms with van der Waals surface area (Å²) in [6.07, 6.45) is 18.4. The number of nitrogens with one attached hydrogen (secondary N) is 2. The highest BCUT2D eigenvalue weighted by Gasteiger charge is 2.21. The fourth-order valence-corrected chi connectivity index (χ4v) is 11.2.